The van der Waals surface area contributed by atoms with E-state index in [1.54, 1.807) is 29.6 Å². The fourth-order valence-corrected chi connectivity index (χ4v) is 5.09. The molecule has 11 heteroatoms. The number of nitrogens with zero attached hydrogens (tertiary/aromatic N) is 2. The number of carbonyl (C=O) groups excluding carboxylic acids is 2. The van der Waals surface area contributed by atoms with Crippen LogP contribution in [0.4, 0.5) is 23.7 Å². The van der Waals surface area contributed by atoms with Crippen LogP contribution in [-0.2, 0) is 0 Å². The van der Waals surface area contributed by atoms with E-state index in [1.807, 2.05) is 11.8 Å². The van der Waals surface area contributed by atoms with Crippen molar-refractivity contribution in [3.63, 3.8) is 0 Å². The largest absolute Gasteiger partial charge is 0.573 e. The number of hydrogen-bond donors (Lipinski definition) is 2. The van der Waals surface area contributed by atoms with Crippen LogP contribution >= 0.6 is 11.3 Å². The number of halogens is 3. The molecule has 1 aliphatic heterocycles. The molecule has 196 valence electrons. The van der Waals surface area contributed by atoms with Crippen molar-refractivity contribution in [3.05, 3.63) is 64.6 Å². The molecule has 0 saturated carbocycles. The number of alkyl halides is 3. The molecule has 0 bridgehead atoms. The van der Waals surface area contributed by atoms with Gasteiger partial charge in [-0.3, -0.25) is 4.79 Å². The smallest absolute Gasteiger partial charge is 0.406 e. The number of thiazole rings is 1. The summed E-state index contributed by atoms with van der Waals surface area (Å²) in [6.07, 6.45) is -2.31. The molecule has 0 unspecified atom stereocenters. The summed E-state index contributed by atoms with van der Waals surface area (Å²) in [6.45, 7) is 3.95. The molecule has 2 N–H and O–H groups in total. The van der Waals surface area contributed by atoms with Gasteiger partial charge in [0.1, 0.15) is 11.4 Å². The molecular formula is C26H27F3N4O3S. The Morgan fingerprint density at radius 1 is 1.11 bits per heavy atom. The van der Waals surface area contributed by atoms with Crippen molar-refractivity contribution in [1.29, 1.82) is 0 Å². The minimum absolute atomic E-state index is 0.0410. The van der Waals surface area contributed by atoms with Crippen LogP contribution in [0.3, 0.4) is 0 Å². The molecule has 2 aromatic carbocycles. The van der Waals surface area contributed by atoms with Gasteiger partial charge in [0.25, 0.3) is 5.91 Å². The normalized spacial score (nSPS) is 14.3. The van der Waals surface area contributed by atoms with Crippen molar-refractivity contribution in [3.8, 4) is 16.9 Å². The van der Waals surface area contributed by atoms with Gasteiger partial charge in [-0.1, -0.05) is 37.3 Å². The average molecular weight is 533 g/mol. The molecule has 7 nitrogen and oxygen atoms in total. The highest BCUT2D eigenvalue weighted by Crippen LogP contribution is 2.33. The number of benzene rings is 2. The molecular weight excluding hydrogens is 505 g/mol. The van der Waals surface area contributed by atoms with E-state index in [9.17, 15) is 22.8 Å². The third-order valence-corrected chi connectivity index (χ3v) is 6.99. The van der Waals surface area contributed by atoms with Crippen molar-refractivity contribution in [2.45, 2.75) is 38.5 Å². The first-order chi connectivity index (χ1) is 17.7. The summed E-state index contributed by atoms with van der Waals surface area (Å²) >= 11 is 1.43. The number of carbonyl (C=O) groups is 2. The van der Waals surface area contributed by atoms with Crippen LogP contribution in [0.25, 0.3) is 11.1 Å². The van der Waals surface area contributed by atoms with Crippen LogP contribution in [0.1, 0.15) is 47.6 Å². The van der Waals surface area contributed by atoms with Crippen LogP contribution in [0.5, 0.6) is 5.75 Å². The molecule has 1 aromatic heterocycles. The van der Waals surface area contributed by atoms with E-state index in [4.69, 9.17) is 0 Å². The van der Waals surface area contributed by atoms with Crippen molar-refractivity contribution in [1.82, 2.24) is 15.2 Å². The van der Waals surface area contributed by atoms with Crippen LogP contribution < -0.4 is 15.4 Å². The molecule has 1 saturated heterocycles. The topological polar surface area (TPSA) is 83.6 Å². The summed E-state index contributed by atoms with van der Waals surface area (Å²) < 4.78 is 41.3. The standard InChI is InChI=1S/C26H27F3N4O3S/c1-2-13-30-25(35)33-14-11-18(12-15-33)24-32-22(16-37-24)23(34)31-21-6-4-3-5-20(21)17-7-9-19(10-8-17)36-26(27,28)29/h3-10,16,18H,2,11-15H2,1H3,(H,30,35)(H,31,34). The maximum absolute atomic E-state index is 13.0. The monoisotopic (exact) mass is 532 g/mol. The van der Waals surface area contributed by atoms with Crippen molar-refractivity contribution >= 4 is 29.0 Å². The highest BCUT2D eigenvalue weighted by Gasteiger charge is 2.31. The predicted molar refractivity (Wildman–Crippen MR) is 136 cm³/mol. The minimum Gasteiger partial charge on any atom is -0.406 e. The zero-order chi connectivity index (χ0) is 26.4. The number of para-hydroxylation sites is 1. The number of nitrogens with one attached hydrogen (secondary N) is 2. The molecule has 0 aliphatic carbocycles. The molecule has 0 atom stereocenters. The highest BCUT2D eigenvalue weighted by molar-refractivity contribution is 7.10. The fraction of sp³-hybridized carbons (Fsp3) is 0.346. The Hall–Kier alpha value is -3.60. The van der Waals surface area contributed by atoms with Gasteiger partial charge in [0, 0.05) is 42.2 Å². The Labute approximate surface area is 216 Å². The SMILES string of the molecule is CCCNC(=O)N1CCC(c2nc(C(=O)Nc3ccccc3-c3ccc(OC(F)(F)F)cc3)cs2)CC1. The summed E-state index contributed by atoms with van der Waals surface area (Å²) in [6, 6.07) is 12.5. The average Bonchev–Trinajstić information content (AvgIpc) is 3.38. The van der Waals surface area contributed by atoms with Gasteiger partial charge in [-0.25, -0.2) is 9.78 Å². The summed E-state index contributed by atoms with van der Waals surface area (Å²) in [5.74, 6) is -0.505. The van der Waals surface area contributed by atoms with Gasteiger partial charge in [-0.05, 0) is 43.0 Å². The lowest BCUT2D eigenvalue weighted by Crippen LogP contribution is -2.44. The fourth-order valence-electron chi connectivity index (χ4n) is 4.12. The van der Waals surface area contributed by atoms with Gasteiger partial charge >= 0.3 is 12.4 Å². The molecule has 1 fully saturated rings. The van der Waals surface area contributed by atoms with E-state index in [0.717, 1.165) is 24.3 Å². The number of urea groups is 1. The zero-order valence-corrected chi connectivity index (χ0v) is 21.0. The third-order valence-electron chi connectivity index (χ3n) is 5.99. The first-order valence-electron chi connectivity index (χ1n) is 12.0. The minimum atomic E-state index is -4.76. The number of aromatic nitrogens is 1. The summed E-state index contributed by atoms with van der Waals surface area (Å²) in [5.41, 5.74) is 2.09. The lowest BCUT2D eigenvalue weighted by atomic mass is 9.98. The molecule has 0 spiro atoms. The lowest BCUT2D eigenvalue weighted by molar-refractivity contribution is -0.274. The van der Waals surface area contributed by atoms with Crippen LogP contribution in [0.2, 0.25) is 0 Å². The second-order valence-electron chi connectivity index (χ2n) is 8.64. The van der Waals surface area contributed by atoms with Crippen LogP contribution in [-0.4, -0.2) is 47.8 Å². The second-order valence-corrected chi connectivity index (χ2v) is 9.53. The Kier molecular flexibility index (Phi) is 8.32. The van der Waals surface area contributed by atoms with E-state index in [-0.39, 0.29) is 23.6 Å². The molecule has 0 radical (unpaired) electrons. The first-order valence-corrected chi connectivity index (χ1v) is 12.9. The summed E-state index contributed by atoms with van der Waals surface area (Å²) in [5, 5.41) is 8.35. The molecule has 3 amide bonds. The van der Waals surface area contributed by atoms with Crippen molar-refractivity contribution in [2.24, 2.45) is 0 Å². The lowest BCUT2D eigenvalue weighted by Gasteiger charge is -2.31. The van der Waals surface area contributed by atoms with E-state index in [1.165, 1.54) is 35.6 Å². The number of ether oxygens (including phenoxy) is 1. The van der Waals surface area contributed by atoms with Crippen molar-refractivity contribution in [2.75, 3.05) is 25.0 Å². The Balaban J connectivity index is 1.39. The van der Waals surface area contributed by atoms with Gasteiger partial charge in [0.15, 0.2) is 0 Å². The summed E-state index contributed by atoms with van der Waals surface area (Å²) in [4.78, 5) is 31.5. The number of piperidine rings is 1. The molecule has 37 heavy (non-hydrogen) atoms. The summed E-state index contributed by atoms with van der Waals surface area (Å²) in [7, 11) is 0. The van der Waals surface area contributed by atoms with Crippen LogP contribution in [0.15, 0.2) is 53.9 Å². The highest BCUT2D eigenvalue weighted by atomic mass is 32.1. The van der Waals surface area contributed by atoms with Gasteiger partial charge < -0.3 is 20.3 Å². The number of amides is 3. The zero-order valence-electron chi connectivity index (χ0n) is 20.2. The Morgan fingerprint density at radius 2 is 1.81 bits per heavy atom. The maximum atomic E-state index is 13.0. The maximum Gasteiger partial charge on any atom is 0.573 e. The quantitative estimate of drug-likeness (QED) is 0.376. The van der Waals surface area contributed by atoms with Gasteiger partial charge in [-0.2, -0.15) is 0 Å². The van der Waals surface area contributed by atoms with E-state index in [2.05, 4.69) is 20.4 Å². The van der Waals surface area contributed by atoms with E-state index >= 15 is 0 Å². The second kappa shape index (κ2) is 11.6. The predicted octanol–water partition coefficient (Wildman–Crippen LogP) is 6.26. The molecule has 4 rings (SSSR count). The number of anilines is 1. The number of rotatable bonds is 7. The van der Waals surface area contributed by atoms with E-state index < -0.39 is 6.36 Å². The molecule has 2 heterocycles. The Bertz CT molecular complexity index is 1220. The third kappa shape index (κ3) is 7.00. The number of likely N-dealkylation sites (tertiary alicyclic amines) is 1. The van der Waals surface area contributed by atoms with E-state index in [0.29, 0.717) is 42.1 Å². The van der Waals surface area contributed by atoms with Gasteiger partial charge in [-0.15, -0.1) is 24.5 Å². The molecule has 3 aromatic rings. The Morgan fingerprint density at radius 3 is 2.49 bits per heavy atom. The van der Waals surface area contributed by atoms with Gasteiger partial charge in [0.05, 0.1) is 5.01 Å². The van der Waals surface area contributed by atoms with Crippen LogP contribution in [0, 0.1) is 0 Å². The first kappa shape index (κ1) is 26.5. The van der Waals surface area contributed by atoms with Gasteiger partial charge in [0.2, 0.25) is 0 Å². The molecule has 1 aliphatic rings. The number of hydrogen-bond acceptors (Lipinski definition) is 5. The van der Waals surface area contributed by atoms with Crippen molar-refractivity contribution < 1.29 is 27.5 Å².